The lowest BCUT2D eigenvalue weighted by Crippen LogP contribution is -2.38. The number of amides is 1. The summed E-state index contributed by atoms with van der Waals surface area (Å²) < 4.78 is 5.28. The van der Waals surface area contributed by atoms with Crippen LogP contribution in [0.4, 0.5) is 11.6 Å². The van der Waals surface area contributed by atoms with Gasteiger partial charge in [0.15, 0.2) is 12.4 Å². The molecule has 8 nitrogen and oxygen atoms in total. The fraction of sp³-hybridized carbons (Fsp3) is 0.240. The summed E-state index contributed by atoms with van der Waals surface area (Å²) in [6, 6.07) is 17.1. The first-order chi connectivity index (χ1) is 16.1. The molecule has 1 saturated heterocycles. The van der Waals surface area contributed by atoms with Crippen LogP contribution < -0.4 is 10.2 Å². The largest absolute Gasteiger partial charge is 0.457 e. The third kappa shape index (κ3) is 5.79. The summed E-state index contributed by atoms with van der Waals surface area (Å²) in [7, 11) is 0. The van der Waals surface area contributed by atoms with E-state index in [-0.39, 0.29) is 30.2 Å². The highest BCUT2D eigenvalue weighted by Gasteiger charge is 2.27. The number of carbonyl (C=O) groups is 3. The molecule has 33 heavy (non-hydrogen) atoms. The molecule has 0 spiro atoms. The van der Waals surface area contributed by atoms with Crippen LogP contribution in [-0.2, 0) is 9.53 Å². The quantitative estimate of drug-likeness (QED) is 0.440. The van der Waals surface area contributed by atoms with E-state index in [1.165, 1.54) is 0 Å². The Balaban J connectivity index is 1.23. The molecule has 168 valence electrons. The Morgan fingerprint density at radius 1 is 0.879 bits per heavy atom. The molecule has 8 heteroatoms. The number of esters is 1. The number of piperidine rings is 1. The number of nitrogens with one attached hydrogen (secondary N) is 1. The second-order valence-electron chi connectivity index (χ2n) is 7.74. The van der Waals surface area contributed by atoms with Crippen molar-refractivity contribution in [2.45, 2.75) is 12.8 Å². The van der Waals surface area contributed by atoms with Crippen LogP contribution in [0.5, 0.6) is 0 Å². The number of Topliss-reactive ketones (excluding diaryl/α,β-unsaturated/α-hetero) is 1. The molecule has 0 atom stereocenters. The van der Waals surface area contributed by atoms with Gasteiger partial charge in [-0.05, 0) is 55.3 Å². The van der Waals surface area contributed by atoms with Crippen molar-refractivity contribution in [3.63, 3.8) is 0 Å². The van der Waals surface area contributed by atoms with Crippen LogP contribution in [0.15, 0.2) is 73.1 Å². The summed E-state index contributed by atoms with van der Waals surface area (Å²) in [4.78, 5) is 47.6. The van der Waals surface area contributed by atoms with E-state index in [4.69, 9.17) is 4.74 Å². The number of benzene rings is 2. The van der Waals surface area contributed by atoms with E-state index < -0.39 is 0 Å². The van der Waals surface area contributed by atoms with Gasteiger partial charge in [0.2, 0.25) is 5.95 Å². The van der Waals surface area contributed by atoms with Crippen molar-refractivity contribution in [2.24, 2.45) is 5.92 Å². The Hall–Kier alpha value is -4.07. The van der Waals surface area contributed by atoms with E-state index in [1.54, 1.807) is 67.0 Å². The van der Waals surface area contributed by atoms with Crippen LogP contribution in [-0.4, -0.2) is 47.3 Å². The lowest BCUT2D eigenvalue weighted by molar-refractivity contribution is -0.148. The Morgan fingerprint density at radius 2 is 1.55 bits per heavy atom. The van der Waals surface area contributed by atoms with Gasteiger partial charge in [-0.15, -0.1) is 0 Å². The minimum Gasteiger partial charge on any atom is -0.457 e. The Morgan fingerprint density at radius 3 is 2.21 bits per heavy atom. The minimum absolute atomic E-state index is 0.228. The van der Waals surface area contributed by atoms with Crippen molar-refractivity contribution in [3.05, 3.63) is 84.2 Å². The molecule has 1 aliphatic heterocycles. The maximum Gasteiger partial charge on any atom is 0.309 e. The van der Waals surface area contributed by atoms with Crippen LogP contribution >= 0.6 is 0 Å². The van der Waals surface area contributed by atoms with Crippen LogP contribution in [0.2, 0.25) is 0 Å². The summed E-state index contributed by atoms with van der Waals surface area (Å²) in [6.45, 7) is 1.01. The third-order valence-corrected chi connectivity index (χ3v) is 5.51. The fourth-order valence-corrected chi connectivity index (χ4v) is 3.64. The van der Waals surface area contributed by atoms with Gasteiger partial charge in [0.05, 0.1) is 5.92 Å². The zero-order valence-corrected chi connectivity index (χ0v) is 18.0. The fourth-order valence-electron chi connectivity index (χ4n) is 3.64. The molecular weight excluding hydrogens is 420 g/mol. The molecule has 1 fully saturated rings. The number of rotatable bonds is 7. The van der Waals surface area contributed by atoms with Crippen LogP contribution in [0.25, 0.3) is 0 Å². The number of hydrogen-bond acceptors (Lipinski definition) is 7. The van der Waals surface area contributed by atoms with E-state index in [9.17, 15) is 14.4 Å². The molecule has 1 aromatic heterocycles. The number of nitrogens with zero attached hydrogens (tertiary/aromatic N) is 3. The molecule has 0 unspecified atom stereocenters. The van der Waals surface area contributed by atoms with Gasteiger partial charge in [0.1, 0.15) is 0 Å². The summed E-state index contributed by atoms with van der Waals surface area (Å²) in [6.07, 6.45) is 4.64. The first kappa shape index (κ1) is 22.1. The summed E-state index contributed by atoms with van der Waals surface area (Å²) in [5, 5.41) is 2.78. The Kier molecular flexibility index (Phi) is 7.04. The molecular formula is C25H24N4O4. The van der Waals surface area contributed by atoms with Crippen LogP contribution in [0.3, 0.4) is 0 Å². The summed E-state index contributed by atoms with van der Waals surface area (Å²) in [5.41, 5.74) is 1.54. The van der Waals surface area contributed by atoms with E-state index in [2.05, 4.69) is 15.3 Å². The first-order valence-electron chi connectivity index (χ1n) is 10.8. The van der Waals surface area contributed by atoms with Gasteiger partial charge < -0.3 is 15.0 Å². The first-order valence-corrected chi connectivity index (χ1v) is 10.8. The van der Waals surface area contributed by atoms with E-state index in [1.807, 2.05) is 11.0 Å². The standard InChI is InChI=1S/C25H24N4O4/c30-22(18-7-9-21(10-8-18)28-23(31)19-5-2-1-3-6-19)17-33-24(32)20-11-15-29(16-12-20)25-26-13-4-14-27-25/h1-10,13-14,20H,11-12,15-17H2,(H,28,31). The maximum atomic E-state index is 12.4. The number of anilines is 2. The van der Waals surface area contributed by atoms with Crippen molar-refractivity contribution in [1.29, 1.82) is 0 Å². The smallest absolute Gasteiger partial charge is 0.309 e. The lowest BCUT2D eigenvalue weighted by Gasteiger charge is -2.30. The van der Waals surface area contributed by atoms with Crippen molar-refractivity contribution in [3.8, 4) is 0 Å². The molecule has 4 rings (SSSR count). The second-order valence-corrected chi connectivity index (χ2v) is 7.74. The van der Waals surface area contributed by atoms with Gasteiger partial charge in [-0.1, -0.05) is 18.2 Å². The number of carbonyl (C=O) groups excluding carboxylic acids is 3. The SMILES string of the molecule is O=C(COC(=O)C1CCN(c2ncccn2)CC1)c1ccc(NC(=O)c2ccccc2)cc1. The van der Waals surface area contributed by atoms with Crippen molar-refractivity contribution in [1.82, 2.24) is 9.97 Å². The van der Waals surface area contributed by atoms with Crippen molar-refractivity contribution < 1.29 is 19.1 Å². The molecule has 0 radical (unpaired) electrons. The Labute approximate surface area is 191 Å². The predicted molar refractivity (Wildman–Crippen MR) is 123 cm³/mol. The zero-order valence-electron chi connectivity index (χ0n) is 18.0. The molecule has 0 aliphatic carbocycles. The highest BCUT2D eigenvalue weighted by Crippen LogP contribution is 2.21. The lowest BCUT2D eigenvalue weighted by atomic mass is 9.97. The van der Waals surface area contributed by atoms with Gasteiger partial charge >= 0.3 is 5.97 Å². The van der Waals surface area contributed by atoms with E-state index in [0.29, 0.717) is 48.7 Å². The number of aromatic nitrogens is 2. The Bertz CT molecular complexity index is 1100. The highest BCUT2D eigenvalue weighted by molar-refractivity contribution is 6.04. The molecule has 1 aliphatic rings. The normalized spacial score (nSPS) is 13.9. The van der Waals surface area contributed by atoms with Crippen LogP contribution in [0.1, 0.15) is 33.6 Å². The molecule has 0 saturated carbocycles. The highest BCUT2D eigenvalue weighted by atomic mass is 16.5. The van der Waals surface area contributed by atoms with Gasteiger partial charge in [-0.2, -0.15) is 0 Å². The topological polar surface area (TPSA) is 101 Å². The van der Waals surface area contributed by atoms with Gasteiger partial charge in [0, 0.05) is 42.3 Å². The van der Waals surface area contributed by atoms with Gasteiger partial charge in [-0.3, -0.25) is 14.4 Å². The molecule has 3 aromatic rings. The molecule has 2 aromatic carbocycles. The number of hydrogen-bond donors (Lipinski definition) is 1. The average molecular weight is 444 g/mol. The van der Waals surface area contributed by atoms with Crippen molar-refractivity contribution >= 4 is 29.3 Å². The maximum absolute atomic E-state index is 12.4. The summed E-state index contributed by atoms with van der Waals surface area (Å²) >= 11 is 0. The molecule has 0 bridgehead atoms. The predicted octanol–water partition coefficient (Wildman–Crippen LogP) is 3.37. The minimum atomic E-state index is -0.358. The average Bonchev–Trinajstić information content (AvgIpc) is 2.88. The monoisotopic (exact) mass is 444 g/mol. The van der Waals surface area contributed by atoms with Crippen LogP contribution in [0, 0.1) is 5.92 Å². The third-order valence-electron chi connectivity index (χ3n) is 5.51. The van der Waals surface area contributed by atoms with Gasteiger partial charge in [-0.25, -0.2) is 9.97 Å². The zero-order chi connectivity index (χ0) is 23.0. The second kappa shape index (κ2) is 10.5. The van der Waals surface area contributed by atoms with E-state index in [0.717, 1.165) is 0 Å². The number of ether oxygens (including phenoxy) is 1. The van der Waals surface area contributed by atoms with Gasteiger partial charge in [0.25, 0.3) is 5.91 Å². The number of ketones is 1. The molecule has 1 N–H and O–H groups in total. The van der Waals surface area contributed by atoms with E-state index >= 15 is 0 Å². The summed E-state index contributed by atoms with van der Waals surface area (Å²) in [5.74, 6) is -0.465. The van der Waals surface area contributed by atoms with Crippen molar-refractivity contribution in [2.75, 3.05) is 29.9 Å². The molecule has 1 amide bonds. The molecule has 2 heterocycles.